The molecule has 1 aliphatic rings. The third-order valence-electron chi connectivity index (χ3n) is 6.19. The van der Waals surface area contributed by atoms with Crippen molar-refractivity contribution in [2.45, 2.75) is 19.6 Å². The van der Waals surface area contributed by atoms with Gasteiger partial charge < -0.3 is 20.9 Å². The maximum absolute atomic E-state index is 12.9. The summed E-state index contributed by atoms with van der Waals surface area (Å²) >= 11 is 6.23. The molecule has 3 heterocycles. The molecule has 8 nitrogen and oxygen atoms in total. The standard InChI is InChI=1S/C24H26ClN7O/c1-27-10-19-18-9-16(25)3-5-20(18)30-22(19)12-31-6-7-32(23(33)13-31)11-15-2-4-17-21(8-15)28-14-29-24(17)26/h2-5,8-9,14,27,30H,6-7,10-13H2,1H3,(H2,26,28,29). The van der Waals surface area contributed by atoms with E-state index in [1.807, 2.05) is 48.3 Å². The van der Waals surface area contributed by atoms with Crippen LogP contribution in [0.1, 0.15) is 16.8 Å². The van der Waals surface area contributed by atoms with Crippen LogP contribution < -0.4 is 11.1 Å². The van der Waals surface area contributed by atoms with Crippen LogP contribution in [-0.4, -0.2) is 57.3 Å². The predicted octanol–water partition coefficient (Wildman–Crippen LogP) is 2.91. The van der Waals surface area contributed by atoms with Crippen molar-refractivity contribution in [3.63, 3.8) is 0 Å². The van der Waals surface area contributed by atoms with E-state index in [9.17, 15) is 4.79 Å². The summed E-state index contributed by atoms with van der Waals surface area (Å²) in [5.41, 5.74) is 11.1. The molecule has 2 aromatic carbocycles. The second kappa shape index (κ2) is 8.97. The molecule has 2 aromatic heterocycles. The number of halogens is 1. The highest BCUT2D eigenvalue weighted by Gasteiger charge is 2.25. The fourth-order valence-electron chi connectivity index (χ4n) is 4.51. The fourth-order valence-corrected chi connectivity index (χ4v) is 4.69. The number of aromatic nitrogens is 3. The first kappa shape index (κ1) is 21.6. The molecular weight excluding hydrogens is 438 g/mol. The van der Waals surface area contributed by atoms with E-state index in [0.717, 1.165) is 51.2 Å². The van der Waals surface area contributed by atoms with Gasteiger partial charge in [0.15, 0.2) is 0 Å². The van der Waals surface area contributed by atoms with Crippen molar-refractivity contribution in [1.29, 1.82) is 0 Å². The lowest BCUT2D eigenvalue weighted by Crippen LogP contribution is -2.49. The monoisotopic (exact) mass is 463 g/mol. The number of hydrogen-bond acceptors (Lipinski definition) is 6. The number of hydrogen-bond donors (Lipinski definition) is 3. The minimum atomic E-state index is 0.123. The Morgan fingerprint density at radius 3 is 2.82 bits per heavy atom. The highest BCUT2D eigenvalue weighted by atomic mass is 35.5. The number of nitrogens with zero attached hydrogens (tertiary/aromatic N) is 4. The van der Waals surface area contributed by atoms with Crippen LogP contribution in [0.4, 0.5) is 5.82 Å². The van der Waals surface area contributed by atoms with Crippen LogP contribution in [0.15, 0.2) is 42.7 Å². The van der Waals surface area contributed by atoms with Crippen molar-refractivity contribution in [3.05, 3.63) is 64.6 Å². The van der Waals surface area contributed by atoms with Crippen molar-refractivity contribution in [2.24, 2.45) is 0 Å². The van der Waals surface area contributed by atoms with Gasteiger partial charge in [0, 0.05) is 59.7 Å². The average Bonchev–Trinajstić information content (AvgIpc) is 3.12. The minimum Gasteiger partial charge on any atom is -0.383 e. The summed E-state index contributed by atoms with van der Waals surface area (Å²) < 4.78 is 0. The quantitative estimate of drug-likeness (QED) is 0.406. The Kier molecular flexibility index (Phi) is 5.88. The van der Waals surface area contributed by atoms with Crippen molar-refractivity contribution in [1.82, 2.24) is 30.1 Å². The summed E-state index contributed by atoms with van der Waals surface area (Å²) in [6.45, 7) is 3.86. The van der Waals surface area contributed by atoms with Gasteiger partial charge in [-0.05, 0) is 48.5 Å². The molecule has 9 heteroatoms. The minimum absolute atomic E-state index is 0.123. The molecule has 5 rings (SSSR count). The second-order valence-electron chi connectivity index (χ2n) is 8.44. The largest absolute Gasteiger partial charge is 0.383 e. The van der Waals surface area contributed by atoms with E-state index < -0.39 is 0 Å². The molecule has 1 fully saturated rings. The van der Waals surface area contributed by atoms with Crippen LogP contribution in [0.3, 0.4) is 0 Å². The van der Waals surface area contributed by atoms with E-state index in [1.54, 1.807) is 0 Å². The van der Waals surface area contributed by atoms with E-state index >= 15 is 0 Å². The topological polar surface area (TPSA) is 103 Å². The number of carbonyl (C=O) groups is 1. The van der Waals surface area contributed by atoms with Gasteiger partial charge in [0.05, 0.1) is 12.1 Å². The van der Waals surface area contributed by atoms with Crippen molar-refractivity contribution in [2.75, 3.05) is 32.4 Å². The van der Waals surface area contributed by atoms with Crippen molar-refractivity contribution in [3.8, 4) is 0 Å². The number of nitrogen functional groups attached to an aromatic ring is 1. The third-order valence-corrected chi connectivity index (χ3v) is 6.43. The van der Waals surface area contributed by atoms with Gasteiger partial charge in [0.25, 0.3) is 0 Å². The van der Waals surface area contributed by atoms with Gasteiger partial charge in [-0.25, -0.2) is 9.97 Å². The number of aromatic amines is 1. The number of amides is 1. The molecule has 4 N–H and O–H groups in total. The molecule has 1 aliphatic heterocycles. The predicted molar refractivity (Wildman–Crippen MR) is 131 cm³/mol. The van der Waals surface area contributed by atoms with Crippen LogP contribution in [0.25, 0.3) is 21.8 Å². The van der Waals surface area contributed by atoms with Crippen LogP contribution in [-0.2, 0) is 24.4 Å². The molecule has 0 bridgehead atoms. The Morgan fingerprint density at radius 2 is 2.00 bits per heavy atom. The number of nitrogens with one attached hydrogen (secondary N) is 2. The molecule has 4 aromatic rings. The van der Waals surface area contributed by atoms with E-state index in [0.29, 0.717) is 32.0 Å². The summed E-state index contributed by atoms with van der Waals surface area (Å²) in [5.74, 6) is 0.589. The average molecular weight is 464 g/mol. The van der Waals surface area contributed by atoms with Gasteiger partial charge >= 0.3 is 0 Å². The van der Waals surface area contributed by atoms with Crippen LogP contribution >= 0.6 is 11.6 Å². The van der Waals surface area contributed by atoms with Crippen molar-refractivity contribution >= 4 is 45.1 Å². The van der Waals surface area contributed by atoms with Crippen LogP contribution in [0.2, 0.25) is 5.02 Å². The first-order valence-corrected chi connectivity index (χ1v) is 11.3. The summed E-state index contributed by atoms with van der Waals surface area (Å²) in [7, 11) is 1.93. The summed E-state index contributed by atoms with van der Waals surface area (Å²) in [6, 6.07) is 11.8. The van der Waals surface area contributed by atoms with E-state index in [1.165, 1.54) is 11.9 Å². The maximum atomic E-state index is 12.9. The first-order valence-electron chi connectivity index (χ1n) is 10.9. The maximum Gasteiger partial charge on any atom is 0.237 e. The number of anilines is 1. The number of piperazine rings is 1. The first-order chi connectivity index (χ1) is 16.0. The zero-order valence-electron chi connectivity index (χ0n) is 18.4. The lowest BCUT2D eigenvalue weighted by Gasteiger charge is -2.34. The van der Waals surface area contributed by atoms with Gasteiger partial charge in [0.2, 0.25) is 5.91 Å². The summed E-state index contributed by atoms with van der Waals surface area (Å²) in [4.78, 5) is 28.9. The lowest BCUT2D eigenvalue weighted by atomic mass is 10.1. The highest BCUT2D eigenvalue weighted by Crippen LogP contribution is 2.27. The molecule has 0 atom stereocenters. The smallest absolute Gasteiger partial charge is 0.237 e. The molecule has 0 spiro atoms. The second-order valence-corrected chi connectivity index (χ2v) is 8.88. The molecule has 0 unspecified atom stereocenters. The fraction of sp³-hybridized carbons (Fsp3) is 0.292. The third kappa shape index (κ3) is 4.37. The van der Waals surface area contributed by atoms with Crippen molar-refractivity contribution < 1.29 is 4.79 Å². The number of rotatable bonds is 6. The normalized spacial score (nSPS) is 15.1. The number of nitrogens with two attached hydrogens (primary N) is 1. The highest BCUT2D eigenvalue weighted by molar-refractivity contribution is 6.31. The Balaban J connectivity index is 1.28. The number of carbonyl (C=O) groups excluding carboxylic acids is 1. The molecule has 0 aliphatic carbocycles. The van der Waals surface area contributed by atoms with E-state index in [2.05, 4.69) is 25.2 Å². The molecule has 0 saturated carbocycles. The lowest BCUT2D eigenvalue weighted by molar-refractivity contribution is -0.136. The van der Waals surface area contributed by atoms with Gasteiger partial charge in [0.1, 0.15) is 12.1 Å². The summed E-state index contributed by atoms with van der Waals surface area (Å²) in [5, 5.41) is 5.92. The van der Waals surface area contributed by atoms with Gasteiger partial charge in [-0.1, -0.05) is 17.7 Å². The molecule has 33 heavy (non-hydrogen) atoms. The zero-order chi connectivity index (χ0) is 22.9. The molecule has 1 saturated heterocycles. The van der Waals surface area contributed by atoms with E-state index in [-0.39, 0.29) is 5.91 Å². The molecular formula is C24H26ClN7O. The van der Waals surface area contributed by atoms with Gasteiger partial charge in [-0.3, -0.25) is 9.69 Å². The number of benzene rings is 2. The number of H-pyrrole nitrogens is 1. The SMILES string of the molecule is CNCc1c(CN2CCN(Cc3ccc4c(N)ncnc4c3)C(=O)C2)[nH]c2ccc(Cl)cc12. The van der Waals surface area contributed by atoms with Crippen LogP contribution in [0, 0.1) is 0 Å². The molecule has 1 amide bonds. The molecule has 0 radical (unpaired) electrons. The summed E-state index contributed by atoms with van der Waals surface area (Å²) in [6.07, 6.45) is 1.46. The Morgan fingerprint density at radius 1 is 1.12 bits per heavy atom. The van der Waals surface area contributed by atoms with Crippen LogP contribution in [0.5, 0.6) is 0 Å². The Labute approximate surface area is 196 Å². The zero-order valence-corrected chi connectivity index (χ0v) is 19.2. The molecule has 170 valence electrons. The number of fused-ring (bicyclic) bond motifs is 2. The van der Waals surface area contributed by atoms with Gasteiger partial charge in [-0.15, -0.1) is 0 Å². The Bertz CT molecular complexity index is 1340. The van der Waals surface area contributed by atoms with Gasteiger partial charge in [-0.2, -0.15) is 0 Å². The Hall–Kier alpha value is -3.20. The van der Waals surface area contributed by atoms with E-state index in [4.69, 9.17) is 17.3 Å².